The van der Waals surface area contributed by atoms with E-state index in [2.05, 4.69) is 47.9 Å². The molecule has 0 bridgehead atoms. The maximum Gasteiger partial charge on any atom is 0.253 e. The lowest BCUT2D eigenvalue weighted by atomic mass is 9.96. The lowest BCUT2D eigenvalue weighted by Crippen LogP contribution is -2.44. The van der Waals surface area contributed by atoms with E-state index >= 15 is 0 Å². The topological polar surface area (TPSA) is 36.0 Å². The van der Waals surface area contributed by atoms with Crippen molar-refractivity contribution in [1.82, 2.24) is 14.7 Å². The largest absolute Gasteiger partial charge is 0.496 e. The first-order chi connectivity index (χ1) is 15.0. The molecule has 0 N–H and O–H groups in total. The van der Waals surface area contributed by atoms with Crippen LogP contribution in [0.4, 0.5) is 0 Å². The third-order valence-electron chi connectivity index (χ3n) is 6.07. The molecule has 1 aliphatic rings. The van der Waals surface area contributed by atoms with Crippen molar-refractivity contribution in [2.24, 2.45) is 5.92 Å². The van der Waals surface area contributed by atoms with E-state index < -0.39 is 0 Å². The number of aryl methyl sites for hydroxylation is 1. The number of para-hydroxylation sites is 1. The van der Waals surface area contributed by atoms with Gasteiger partial charge in [-0.25, -0.2) is 0 Å². The summed E-state index contributed by atoms with van der Waals surface area (Å²) in [5, 5.41) is 0. The summed E-state index contributed by atoms with van der Waals surface area (Å²) in [6.45, 7) is 7.48. The third kappa shape index (κ3) is 6.81. The van der Waals surface area contributed by atoms with Crippen LogP contribution in [0.25, 0.3) is 0 Å². The van der Waals surface area contributed by atoms with Gasteiger partial charge < -0.3 is 14.5 Å². The molecule has 0 unspecified atom stereocenters. The highest BCUT2D eigenvalue weighted by molar-refractivity contribution is 5.94. The second-order valence-corrected chi connectivity index (χ2v) is 8.98. The number of benzene rings is 2. The van der Waals surface area contributed by atoms with Crippen LogP contribution in [0.2, 0.25) is 0 Å². The van der Waals surface area contributed by atoms with Gasteiger partial charge in [-0.3, -0.25) is 9.69 Å². The molecule has 1 atom stereocenters. The van der Waals surface area contributed by atoms with Gasteiger partial charge in [-0.1, -0.05) is 35.9 Å². The molecule has 2 aromatic carbocycles. The fraction of sp³-hybridized carbons (Fsp3) is 0.500. The minimum atomic E-state index is 0.142. The third-order valence-corrected chi connectivity index (χ3v) is 6.07. The summed E-state index contributed by atoms with van der Waals surface area (Å²) in [6.07, 6.45) is 2.34. The Balaban J connectivity index is 1.66. The van der Waals surface area contributed by atoms with E-state index in [-0.39, 0.29) is 5.91 Å². The van der Waals surface area contributed by atoms with Crippen molar-refractivity contribution >= 4 is 5.91 Å². The number of nitrogens with zero attached hydrogens (tertiary/aromatic N) is 3. The van der Waals surface area contributed by atoms with Crippen molar-refractivity contribution in [2.75, 3.05) is 53.9 Å². The van der Waals surface area contributed by atoms with Gasteiger partial charge in [-0.05, 0) is 64.5 Å². The molecular weight excluding hydrogens is 386 g/mol. The normalized spacial score (nSPS) is 17.0. The number of amides is 1. The predicted molar refractivity (Wildman–Crippen MR) is 127 cm³/mol. The fourth-order valence-corrected chi connectivity index (χ4v) is 4.31. The smallest absolute Gasteiger partial charge is 0.253 e. The molecule has 1 heterocycles. The summed E-state index contributed by atoms with van der Waals surface area (Å²) in [7, 11) is 5.85. The van der Waals surface area contributed by atoms with Gasteiger partial charge in [0.1, 0.15) is 5.75 Å². The van der Waals surface area contributed by atoms with E-state index in [1.54, 1.807) is 7.11 Å². The van der Waals surface area contributed by atoms with Crippen LogP contribution in [-0.4, -0.2) is 74.5 Å². The van der Waals surface area contributed by atoms with Gasteiger partial charge >= 0.3 is 0 Å². The molecular formula is C26H37N3O2. The maximum absolute atomic E-state index is 13.3. The molecule has 0 saturated carbocycles. The lowest BCUT2D eigenvalue weighted by Gasteiger charge is -2.36. The van der Waals surface area contributed by atoms with Gasteiger partial charge in [-0.2, -0.15) is 0 Å². The van der Waals surface area contributed by atoms with E-state index in [1.807, 2.05) is 36.4 Å². The van der Waals surface area contributed by atoms with Gasteiger partial charge in [0.05, 0.1) is 7.11 Å². The number of likely N-dealkylation sites (tertiary alicyclic amines) is 1. The molecule has 1 saturated heterocycles. The van der Waals surface area contributed by atoms with Gasteiger partial charge in [0.25, 0.3) is 5.91 Å². The van der Waals surface area contributed by atoms with Crippen molar-refractivity contribution in [2.45, 2.75) is 26.3 Å². The molecule has 168 valence electrons. The number of hydrogen-bond donors (Lipinski definition) is 0. The summed E-state index contributed by atoms with van der Waals surface area (Å²) in [4.78, 5) is 20.0. The zero-order chi connectivity index (χ0) is 22.2. The van der Waals surface area contributed by atoms with Crippen LogP contribution in [0.1, 0.15) is 34.3 Å². The SMILES string of the molecule is COc1ccccc1CN1CCC[C@H](CN(CCN(C)C)C(=O)c2ccc(C)cc2)C1. The number of hydrogen-bond acceptors (Lipinski definition) is 4. The predicted octanol–water partition coefficient (Wildman–Crippen LogP) is 3.92. The van der Waals surface area contributed by atoms with Crippen molar-refractivity contribution in [3.05, 3.63) is 65.2 Å². The molecule has 1 aliphatic heterocycles. The highest BCUT2D eigenvalue weighted by Gasteiger charge is 2.25. The number of likely N-dealkylation sites (N-methyl/N-ethyl adjacent to an activating group) is 1. The molecule has 1 fully saturated rings. The zero-order valence-corrected chi connectivity index (χ0v) is 19.5. The molecule has 1 amide bonds. The summed E-state index contributed by atoms with van der Waals surface area (Å²) in [6, 6.07) is 16.2. The zero-order valence-electron chi connectivity index (χ0n) is 19.5. The first-order valence-electron chi connectivity index (χ1n) is 11.3. The second kappa shape index (κ2) is 11.3. The van der Waals surface area contributed by atoms with E-state index in [1.165, 1.54) is 24.0 Å². The number of rotatable bonds is 9. The average Bonchev–Trinajstić information content (AvgIpc) is 2.77. The van der Waals surface area contributed by atoms with E-state index in [0.29, 0.717) is 5.92 Å². The molecule has 0 aliphatic carbocycles. The monoisotopic (exact) mass is 423 g/mol. The lowest BCUT2D eigenvalue weighted by molar-refractivity contribution is 0.0660. The number of methoxy groups -OCH3 is 1. The number of carbonyl (C=O) groups excluding carboxylic acids is 1. The highest BCUT2D eigenvalue weighted by atomic mass is 16.5. The Morgan fingerprint density at radius 2 is 1.84 bits per heavy atom. The number of ether oxygens (including phenoxy) is 1. The molecule has 2 aromatic rings. The van der Waals surface area contributed by atoms with Crippen molar-refractivity contribution in [3.63, 3.8) is 0 Å². The Labute approximate surface area is 187 Å². The van der Waals surface area contributed by atoms with Crippen LogP contribution in [0.5, 0.6) is 5.75 Å². The summed E-state index contributed by atoms with van der Waals surface area (Å²) in [5.74, 6) is 1.58. The second-order valence-electron chi connectivity index (χ2n) is 8.98. The van der Waals surface area contributed by atoms with Crippen LogP contribution in [0.15, 0.2) is 48.5 Å². The highest BCUT2D eigenvalue weighted by Crippen LogP contribution is 2.24. The summed E-state index contributed by atoms with van der Waals surface area (Å²) < 4.78 is 5.54. The molecule has 0 radical (unpaired) electrons. The molecule has 3 rings (SSSR count). The van der Waals surface area contributed by atoms with E-state index in [4.69, 9.17) is 4.74 Å². The van der Waals surface area contributed by atoms with Crippen molar-refractivity contribution in [1.29, 1.82) is 0 Å². The Morgan fingerprint density at radius 1 is 1.10 bits per heavy atom. The minimum absolute atomic E-state index is 0.142. The van der Waals surface area contributed by atoms with Crippen LogP contribution < -0.4 is 4.74 Å². The maximum atomic E-state index is 13.3. The summed E-state index contributed by atoms with van der Waals surface area (Å²) >= 11 is 0. The Kier molecular flexibility index (Phi) is 8.50. The average molecular weight is 424 g/mol. The Bertz CT molecular complexity index is 835. The number of carbonyl (C=O) groups is 1. The first-order valence-corrected chi connectivity index (χ1v) is 11.3. The Hall–Kier alpha value is -2.37. The fourth-order valence-electron chi connectivity index (χ4n) is 4.31. The van der Waals surface area contributed by atoms with E-state index in [0.717, 1.165) is 50.6 Å². The molecule has 0 spiro atoms. The summed E-state index contributed by atoms with van der Waals surface area (Å²) in [5.41, 5.74) is 3.19. The van der Waals surface area contributed by atoms with Crippen molar-refractivity contribution < 1.29 is 9.53 Å². The molecule has 0 aromatic heterocycles. The van der Waals surface area contributed by atoms with Gasteiger partial charge in [0.2, 0.25) is 0 Å². The van der Waals surface area contributed by atoms with Crippen LogP contribution in [0.3, 0.4) is 0 Å². The van der Waals surface area contributed by atoms with Crippen molar-refractivity contribution in [3.8, 4) is 5.75 Å². The molecule has 5 nitrogen and oxygen atoms in total. The first kappa shape index (κ1) is 23.3. The molecule has 5 heteroatoms. The minimum Gasteiger partial charge on any atom is -0.496 e. The molecule has 31 heavy (non-hydrogen) atoms. The standard InChI is InChI=1S/C26H37N3O2/c1-21-11-13-23(14-12-21)26(30)29(17-16-27(2)3)19-22-8-7-15-28(18-22)20-24-9-5-6-10-25(24)31-4/h5-6,9-14,22H,7-8,15-20H2,1-4H3/t22-/m0/s1. The van der Waals surface area contributed by atoms with E-state index in [9.17, 15) is 4.79 Å². The van der Waals surface area contributed by atoms with Gasteiger partial charge in [-0.15, -0.1) is 0 Å². The van der Waals surface area contributed by atoms with Crippen LogP contribution in [0, 0.1) is 12.8 Å². The van der Waals surface area contributed by atoms with Gasteiger partial charge in [0, 0.05) is 43.9 Å². The van der Waals surface area contributed by atoms with Gasteiger partial charge in [0.15, 0.2) is 0 Å². The Morgan fingerprint density at radius 3 is 2.55 bits per heavy atom. The number of piperidine rings is 1. The quantitative estimate of drug-likeness (QED) is 0.613. The van der Waals surface area contributed by atoms with Crippen LogP contribution >= 0.6 is 0 Å². The van der Waals surface area contributed by atoms with Crippen LogP contribution in [-0.2, 0) is 6.54 Å².